The van der Waals surface area contributed by atoms with Crippen molar-refractivity contribution in [3.8, 4) is 0 Å². The average molecular weight is 413 g/mol. The van der Waals surface area contributed by atoms with Gasteiger partial charge in [0.05, 0.1) is 6.26 Å². The summed E-state index contributed by atoms with van der Waals surface area (Å²) < 4.78 is 6.05. The predicted molar refractivity (Wildman–Crippen MR) is 103 cm³/mol. The third-order valence-electron chi connectivity index (χ3n) is 3.81. The fourth-order valence-corrected chi connectivity index (χ4v) is 2.72. The SMILES string of the molecule is CN(Cc1ccc(Br)cc1)C(=O)c1ccc(NC(=O)c2ccco2)cc1. The van der Waals surface area contributed by atoms with Gasteiger partial charge in [0.1, 0.15) is 0 Å². The molecule has 3 rings (SSSR count). The Morgan fingerprint density at radius 2 is 1.73 bits per heavy atom. The van der Waals surface area contributed by atoms with Gasteiger partial charge in [-0.1, -0.05) is 28.1 Å². The van der Waals surface area contributed by atoms with Gasteiger partial charge in [0.25, 0.3) is 11.8 Å². The van der Waals surface area contributed by atoms with E-state index in [9.17, 15) is 9.59 Å². The van der Waals surface area contributed by atoms with Crippen LogP contribution in [0.25, 0.3) is 0 Å². The van der Waals surface area contributed by atoms with Gasteiger partial charge in [-0.05, 0) is 54.1 Å². The van der Waals surface area contributed by atoms with E-state index in [-0.39, 0.29) is 17.6 Å². The zero-order valence-electron chi connectivity index (χ0n) is 14.1. The number of benzene rings is 2. The van der Waals surface area contributed by atoms with E-state index >= 15 is 0 Å². The van der Waals surface area contributed by atoms with Crippen LogP contribution in [0.15, 0.2) is 75.8 Å². The first-order valence-corrected chi connectivity index (χ1v) is 8.77. The topological polar surface area (TPSA) is 62.6 Å². The fraction of sp³-hybridized carbons (Fsp3) is 0.100. The van der Waals surface area contributed by atoms with Crippen molar-refractivity contribution in [2.45, 2.75) is 6.54 Å². The van der Waals surface area contributed by atoms with E-state index in [0.29, 0.717) is 17.8 Å². The number of carbonyl (C=O) groups excluding carboxylic acids is 2. The van der Waals surface area contributed by atoms with Crippen LogP contribution >= 0.6 is 15.9 Å². The van der Waals surface area contributed by atoms with Crippen molar-refractivity contribution in [2.75, 3.05) is 12.4 Å². The molecule has 132 valence electrons. The number of amides is 2. The van der Waals surface area contributed by atoms with Gasteiger partial charge >= 0.3 is 0 Å². The monoisotopic (exact) mass is 412 g/mol. The second-order valence-corrected chi connectivity index (χ2v) is 6.71. The highest BCUT2D eigenvalue weighted by atomic mass is 79.9. The number of furan rings is 1. The predicted octanol–water partition coefficient (Wildman–Crippen LogP) is 4.57. The summed E-state index contributed by atoms with van der Waals surface area (Å²) in [5.74, 6) is -0.183. The van der Waals surface area contributed by atoms with Crippen molar-refractivity contribution in [2.24, 2.45) is 0 Å². The summed E-state index contributed by atoms with van der Waals surface area (Å²) in [5.41, 5.74) is 2.20. The lowest BCUT2D eigenvalue weighted by Crippen LogP contribution is -2.26. The number of halogens is 1. The smallest absolute Gasteiger partial charge is 0.291 e. The molecule has 0 radical (unpaired) electrons. The molecule has 0 saturated heterocycles. The largest absolute Gasteiger partial charge is 0.459 e. The molecule has 2 aromatic carbocycles. The summed E-state index contributed by atoms with van der Waals surface area (Å²) in [7, 11) is 1.76. The summed E-state index contributed by atoms with van der Waals surface area (Å²) in [4.78, 5) is 26.1. The first-order valence-electron chi connectivity index (χ1n) is 7.98. The highest BCUT2D eigenvalue weighted by Crippen LogP contribution is 2.15. The minimum atomic E-state index is -0.332. The number of nitrogens with zero attached hydrogens (tertiary/aromatic N) is 1. The molecule has 1 aromatic heterocycles. The molecule has 0 aliphatic heterocycles. The Hall–Kier alpha value is -2.86. The van der Waals surface area contributed by atoms with Gasteiger partial charge < -0.3 is 14.6 Å². The molecule has 0 bridgehead atoms. The first kappa shape index (κ1) is 17.9. The fourth-order valence-electron chi connectivity index (χ4n) is 2.45. The molecule has 1 heterocycles. The van der Waals surface area contributed by atoms with E-state index in [1.807, 2.05) is 24.3 Å². The second kappa shape index (κ2) is 8.01. The molecule has 2 amide bonds. The number of hydrogen-bond donors (Lipinski definition) is 1. The third-order valence-corrected chi connectivity index (χ3v) is 4.34. The standard InChI is InChI=1S/C20H17BrN2O3/c1-23(13-14-4-8-16(21)9-5-14)20(25)15-6-10-17(11-7-15)22-19(24)18-3-2-12-26-18/h2-12H,13H2,1H3,(H,22,24). The molecule has 0 saturated carbocycles. The Morgan fingerprint density at radius 3 is 2.35 bits per heavy atom. The van der Waals surface area contributed by atoms with Gasteiger partial charge in [0, 0.05) is 29.3 Å². The van der Waals surface area contributed by atoms with Crippen molar-refractivity contribution in [1.29, 1.82) is 0 Å². The summed E-state index contributed by atoms with van der Waals surface area (Å²) in [6, 6.07) is 17.9. The molecule has 0 atom stereocenters. The van der Waals surface area contributed by atoms with Crippen LogP contribution in [0.5, 0.6) is 0 Å². The molecule has 1 N–H and O–H groups in total. The van der Waals surface area contributed by atoms with Crippen molar-refractivity contribution in [3.63, 3.8) is 0 Å². The Morgan fingerprint density at radius 1 is 1.04 bits per heavy atom. The summed E-state index contributed by atoms with van der Waals surface area (Å²) >= 11 is 3.40. The van der Waals surface area contributed by atoms with Crippen molar-refractivity contribution >= 4 is 33.4 Å². The average Bonchev–Trinajstić information content (AvgIpc) is 3.18. The van der Waals surface area contributed by atoms with Crippen molar-refractivity contribution in [1.82, 2.24) is 4.90 Å². The molecule has 0 spiro atoms. The van der Waals surface area contributed by atoms with Crippen molar-refractivity contribution in [3.05, 3.63) is 88.3 Å². The van der Waals surface area contributed by atoms with Gasteiger partial charge in [-0.15, -0.1) is 0 Å². The molecule has 6 heteroatoms. The Kier molecular flexibility index (Phi) is 5.53. The summed E-state index contributed by atoms with van der Waals surface area (Å²) in [5, 5.41) is 2.72. The van der Waals surface area contributed by atoms with Gasteiger partial charge in [0.15, 0.2) is 5.76 Å². The zero-order chi connectivity index (χ0) is 18.5. The van der Waals surface area contributed by atoms with Crippen LogP contribution in [0, 0.1) is 0 Å². The Bertz CT molecular complexity index is 888. The lowest BCUT2D eigenvalue weighted by atomic mass is 10.1. The molecule has 0 aliphatic carbocycles. The first-order chi connectivity index (χ1) is 12.5. The van der Waals surface area contributed by atoms with Crippen LogP contribution in [-0.4, -0.2) is 23.8 Å². The molecular weight excluding hydrogens is 396 g/mol. The van der Waals surface area contributed by atoms with Crippen LogP contribution in [0.2, 0.25) is 0 Å². The van der Waals surface area contributed by atoms with Gasteiger partial charge in [0.2, 0.25) is 0 Å². The van der Waals surface area contributed by atoms with E-state index < -0.39 is 0 Å². The molecule has 5 nitrogen and oxygen atoms in total. The van der Waals surface area contributed by atoms with E-state index in [4.69, 9.17) is 4.42 Å². The number of rotatable bonds is 5. The van der Waals surface area contributed by atoms with Gasteiger partial charge in [-0.3, -0.25) is 9.59 Å². The van der Waals surface area contributed by atoms with E-state index in [1.165, 1.54) is 6.26 Å². The maximum absolute atomic E-state index is 12.6. The molecule has 0 unspecified atom stereocenters. The van der Waals surface area contributed by atoms with E-state index in [1.54, 1.807) is 48.3 Å². The van der Waals surface area contributed by atoms with Crippen molar-refractivity contribution < 1.29 is 14.0 Å². The van der Waals surface area contributed by atoms with Gasteiger partial charge in [-0.25, -0.2) is 0 Å². The maximum Gasteiger partial charge on any atom is 0.291 e. The Labute approximate surface area is 159 Å². The maximum atomic E-state index is 12.6. The quantitative estimate of drug-likeness (QED) is 0.667. The van der Waals surface area contributed by atoms with E-state index in [0.717, 1.165) is 10.0 Å². The lowest BCUT2D eigenvalue weighted by molar-refractivity contribution is 0.0785. The van der Waals surface area contributed by atoms with Crippen LogP contribution in [-0.2, 0) is 6.54 Å². The zero-order valence-corrected chi connectivity index (χ0v) is 15.7. The number of hydrogen-bond acceptors (Lipinski definition) is 3. The molecular formula is C20H17BrN2O3. The lowest BCUT2D eigenvalue weighted by Gasteiger charge is -2.17. The normalized spacial score (nSPS) is 10.4. The van der Waals surface area contributed by atoms with E-state index in [2.05, 4.69) is 21.2 Å². The summed E-state index contributed by atoms with van der Waals surface area (Å²) in [6.07, 6.45) is 1.44. The highest BCUT2D eigenvalue weighted by Gasteiger charge is 2.13. The minimum absolute atomic E-state index is 0.0863. The Balaban J connectivity index is 1.62. The molecule has 26 heavy (non-hydrogen) atoms. The number of nitrogens with one attached hydrogen (secondary N) is 1. The van der Waals surface area contributed by atoms with Crippen LogP contribution < -0.4 is 5.32 Å². The molecule has 3 aromatic rings. The second-order valence-electron chi connectivity index (χ2n) is 5.80. The third kappa shape index (κ3) is 4.40. The van der Waals surface area contributed by atoms with Gasteiger partial charge in [-0.2, -0.15) is 0 Å². The van der Waals surface area contributed by atoms with Crippen LogP contribution in [0.1, 0.15) is 26.5 Å². The number of carbonyl (C=O) groups is 2. The van der Waals surface area contributed by atoms with Crippen LogP contribution in [0.4, 0.5) is 5.69 Å². The molecule has 0 aliphatic rings. The summed E-state index contributed by atoms with van der Waals surface area (Å²) in [6.45, 7) is 0.517. The van der Waals surface area contributed by atoms with Crippen LogP contribution in [0.3, 0.4) is 0 Å². The molecule has 0 fully saturated rings. The number of anilines is 1. The highest BCUT2D eigenvalue weighted by molar-refractivity contribution is 9.10. The minimum Gasteiger partial charge on any atom is -0.459 e.